The minimum Gasteiger partial charge on any atom is -0.424 e. The number of Topliss-reactive ketones (excluding diaryl/α,β-unsaturated/α-hetero) is 1. The van der Waals surface area contributed by atoms with Crippen LogP contribution in [0.2, 0.25) is 0 Å². The zero-order chi connectivity index (χ0) is 31.3. The number of nitrogens with one attached hydrogen (secondary N) is 1. The van der Waals surface area contributed by atoms with E-state index in [1.165, 1.54) is 6.33 Å². The number of nitrogens with two attached hydrogens (primary N) is 2. The summed E-state index contributed by atoms with van der Waals surface area (Å²) in [6.45, 7) is 7.03. The molecule has 5 heterocycles. The summed E-state index contributed by atoms with van der Waals surface area (Å²) in [7, 11) is 0. The zero-order valence-corrected chi connectivity index (χ0v) is 25.1. The number of carbonyl (C=O) groups excluding carboxylic acids is 2. The topological polar surface area (TPSA) is 200 Å². The molecule has 5 N–H and O–H groups in total. The second kappa shape index (κ2) is 13.2. The molecule has 1 amide bonds. The Hall–Kier alpha value is -5.18. The Labute approximate surface area is 259 Å². The molecule has 0 unspecified atom stereocenters. The molecular formula is C30H36N12O3. The maximum Gasteiger partial charge on any atom is 0.292 e. The number of benzene rings is 1. The third kappa shape index (κ3) is 6.82. The van der Waals surface area contributed by atoms with Crippen molar-refractivity contribution in [2.45, 2.75) is 39.2 Å². The van der Waals surface area contributed by atoms with E-state index in [4.69, 9.17) is 21.0 Å². The highest BCUT2D eigenvalue weighted by atomic mass is 16.4. The third-order valence-corrected chi connectivity index (χ3v) is 7.88. The quantitative estimate of drug-likeness (QED) is 0.173. The number of hydrogen-bond acceptors (Lipinski definition) is 13. The number of hydrogen-bond donors (Lipinski definition) is 3. The van der Waals surface area contributed by atoms with Gasteiger partial charge in [-0.05, 0) is 50.9 Å². The number of aryl methyl sites for hydroxylation is 1. The molecule has 234 valence electrons. The first-order chi connectivity index (χ1) is 21.9. The van der Waals surface area contributed by atoms with Crippen LogP contribution < -0.4 is 21.7 Å². The maximum atomic E-state index is 12.7. The highest BCUT2D eigenvalue weighted by Crippen LogP contribution is 2.32. The van der Waals surface area contributed by atoms with E-state index in [-0.39, 0.29) is 17.7 Å². The molecule has 6 rings (SSSR count). The van der Waals surface area contributed by atoms with Crippen LogP contribution in [-0.4, -0.2) is 90.6 Å². The summed E-state index contributed by atoms with van der Waals surface area (Å²) in [6, 6.07) is 5.61. The number of piperazine rings is 1. The zero-order valence-electron chi connectivity index (χ0n) is 25.1. The van der Waals surface area contributed by atoms with Crippen LogP contribution in [-0.2, 0) is 11.3 Å². The van der Waals surface area contributed by atoms with Crippen LogP contribution in [0.4, 0.5) is 17.8 Å². The molecule has 45 heavy (non-hydrogen) atoms. The Kier molecular flexibility index (Phi) is 8.77. The molecule has 1 saturated heterocycles. The van der Waals surface area contributed by atoms with Crippen molar-refractivity contribution >= 4 is 51.6 Å². The van der Waals surface area contributed by atoms with Gasteiger partial charge in [0, 0.05) is 63.6 Å². The molecular weight excluding hydrogens is 576 g/mol. The molecule has 0 saturated carbocycles. The second-order valence-corrected chi connectivity index (χ2v) is 11.1. The lowest BCUT2D eigenvalue weighted by Gasteiger charge is -2.34. The van der Waals surface area contributed by atoms with Crippen molar-refractivity contribution in [2.24, 2.45) is 0 Å². The van der Waals surface area contributed by atoms with Gasteiger partial charge in [-0.25, -0.2) is 24.6 Å². The molecule has 1 aliphatic rings. The average molecular weight is 613 g/mol. The number of nitrogen functional groups attached to an aromatic ring is 2. The first kappa shape index (κ1) is 29.9. The highest BCUT2D eigenvalue weighted by molar-refractivity contribution is 5.99. The summed E-state index contributed by atoms with van der Waals surface area (Å²) in [5.74, 6) is 0.976. The summed E-state index contributed by atoms with van der Waals surface area (Å²) in [5.41, 5.74) is 15.6. The van der Waals surface area contributed by atoms with Crippen molar-refractivity contribution in [2.75, 3.05) is 55.6 Å². The van der Waals surface area contributed by atoms with E-state index < -0.39 is 0 Å². The van der Waals surface area contributed by atoms with Gasteiger partial charge < -0.3 is 30.9 Å². The number of nitrogens with zero attached hydrogens (tertiary/aromatic N) is 9. The van der Waals surface area contributed by atoms with Crippen LogP contribution in [0.15, 0.2) is 41.3 Å². The van der Waals surface area contributed by atoms with Crippen LogP contribution in [0.25, 0.3) is 33.4 Å². The van der Waals surface area contributed by atoms with Gasteiger partial charge in [0.15, 0.2) is 11.2 Å². The highest BCUT2D eigenvalue weighted by Gasteiger charge is 2.20. The number of oxazole rings is 1. The molecule has 1 fully saturated rings. The molecule has 1 aliphatic heterocycles. The van der Waals surface area contributed by atoms with Crippen LogP contribution in [0.3, 0.4) is 0 Å². The van der Waals surface area contributed by atoms with E-state index in [2.05, 4.69) is 40.0 Å². The van der Waals surface area contributed by atoms with Gasteiger partial charge in [0.25, 0.3) is 11.9 Å². The van der Waals surface area contributed by atoms with Crippen molar-refractivity contribution in [1.82, 2.24) is 44.9 Å². The van der Waals surface area contributed by atoms with E-state index >= 15 is 0 Å². The van der Waals surface area contributed by atoms with Gasteiger partial charge >= 0.3 is 0 Å². The Balaban J connectivity index is 0.996. The molecule has 1 aromatic carbocycles. The van der Waals surface area contributed by atoms with Crippen molar-refractivity contribution in [3.63, 3.8) is 0 Å². The van der Waals surface area contributed by atoms with E-state index in [1.807, 2.05) is 16.8 Å². The van der Waals surface area contributed by atoms with Gasteiger partial charge in [-0.15, -0.1) is 0 Å². The Morgan fingerprint density at radius 1 is 0.978 bits per heavy atom. The number of rotatable bonds is 12. The smallest absolute Gasteiger partial charge is 0.292 e. The van der Waals surface area contributed by atoms with Crippen molar-refractivity contribution in [3.05, 3.63) is 42.5 Å². The molecule has 15 nitrogen and oxygen atoms in total. The first-order valence-electron chi connectivity index (χ1n) is 15.1. The number of ketones is 1. The van der Waals surface area contributed by atoms with Gasteiger partial charge in [-0.2, -0.15) is 10.1 Å². The maximum absolute atomic E-state index is 12.7. The van der Waals surface area contributed by atoms with Crippen molar-refractivity contribution in [3.8, 4) is 11.3 Å². The molecule has 0 aliphatic carbocycles. The van der Waals surface area contributed by atoms with Gasteiger partial charge in [-0.1, -0.05) is 0 Å². The molecule has 5 aromatic rings. The monoisotopic (exact) mass is 612 g/mol. The SMILES string of the molecule is CC(=O)CCCN1CCN(c2ncc(C(=O)NCCCCn3nc(-c4ccc5oc(N)nc5c4)c4c(N)ncnc43)cn2)CC1. The molecule has 15 heteroatoms. The third-order valence-electron chi connectivity index (χ3n) is 7.88. The lowest BCUT2D eigenvalue weighted by atomic mass is 10.1. The molecule has 0 spiro atoms. The van der Waals surface area contributed by atoms with Crippen molar-refractivity contribution < 1.29 is 14.0 Å². The standard InChI is InChI=1S/C30H36N12O3/c1-19(43)5-4-9-40-11-13-41(14-12-40)30-34-16-21(17-35-30)28(44)33-8-2-3-10-42-27-24(26(31)36-18-37-27)25(39-42)20-6-7-23-22(15-20)38-29(32)45-23/h6-7,15-18H,2-5,8-14H2,1H3,(H2,32,38)(H,33,44)(H2,31,36,37). The van der Waals surface area contributed by atoms with E-state index in [1.54, 1.807) is 25.4 Å². The average Bonchev–Trinajstić information content (AvgIpc) is 3.61. The number of fused-ring (bicyclic) bond motifs is 2. The Bertz CT molecular complexity index is 1810. The fraction of sp³-hybridized carbons (Fsp3) is 0.400. The molecule has 0 atom stereocenters. The summed E-state index contributed by atoms with van der Waals surface area (Å²) >= 11 is 0. The lowest BCUT2D eigenvalue weighted by Crippen LogP contribution is -2.47. The Morgan fingerprint density at radius 3 is 2.56 bits per heavy atom. The first-order valence-corrected chi connectivity index (χ1v) is 15.1. The normalized spacial score (nSPS) is 13.9. The summed E-state index contributed by atoms with van der Waals surface area (Å²) in [6.07, 6.45) is 7.55. The number of carbonyl (C=O) groups is 2. The van der Waals surface area contributed by atoms with Crippen molar-refractivity contribution in [1.29, 1.82) is 0 Å². The van der Waals surface area contributed by atoms with Crippen LogP contribution in [0.5, 0.6) is 0 Å². The number of unbranched alkanes of at least 4 members (excludes halogenated alkanes) is 1. The molecule has 4 aromatic heterocycles. The van der Waals surface area contributed by atoms with Gasteiger partial charge in [0.05, 0.1) is 10.9 Å². The summed E-state index contributed by atoms with van der Waals surface area (Å²) in [5, 5.41) is 8.42. The van der Waals surface area contributed by atoms with E-state index in [0.717, 1.165) is 57.5 Å². The van der Waals surface area contributed by atoms with Gasteiger partial charge in [0.1, 0.15) is 29.1 Å². The summed E-state index contributed by atoms with van der Waals surface area (Å²) in [4.78, 5) is 50.1. The predicted molar refractivity (Wildman–Crippen MR) is 169 cm³/mol. The number of amides is 1. The molecule has 0 radical (unpaired) electrons. The van der Waals surface area contributed by atoms with Crippen LogP contribution >= 0.6 is 0 Å². The summed E-state index contributed by atoms with van der Waals surface area (Å²) < 4.78 is 7.20. The van der Waals surface area contributed by atoms with Crippen LogP contribution in [0, 0.1) is 0 Å². The minimum absolute atomic E-state index is 0.0981. The Morgan fingerprint density at radius 2 is 1.78 bits per heavy atom. The van der Waals surface area contributed by atoms with E-state index in [0.29, 0.717) is 64.7 Å². The van der Waals surface area contributed by atoms with Crippen LogP contribution in [0.1, 0.15) is 43.0 Å². The molecule has 0 bridgehead atoms. The van der Waals surface area contributed by atoms with Gasteiger partial charge in [0.2, 0.25) is 5.95 Å². The largest absolute Gasteiger partial charge is 0.424 e. The lowest BCUT2D eigenvalue weighted by molar-refractivity contribution is -0.117. The fourth-order valence-corrected chi connectivity index (χ4v) is 5.50. The number of aromatic nitrogens is 7. The number of anilines is 3. The second-order valence-electron chi connectivity index (χ2n) is 11.1. The fourth-order valence-electron chi connectivity index (χ4n) is 5.50. The predicted octanol–water partition coefficient (Wildman–Crippen LogP) is 2.29. The van der Waals surface area contributed by atoms with E-state index in [9.17, 15) is 9.59 Å². The van der Waals surface area contributed by atoms with Gasteiger partial charge in [-0.3, -0.25) is 9.69 Å². The minimum atomic E-state index is -0.215.